The minimum absolute atomic E-state index is 0.0183. The molecule has 2 aliphatic heterocycles. The van der Waals surface area contributed by atoms with Crippen molar-refractivity contribution in [2.45, 2.75) is 19.3 Å². The summed E-state index contributed by atoms with van der Waals surface area (Å²) in [5.74, 6) is -0.340. The fourth-order valence-corrected chi connectivity index (χ4v) is 3.23. The zero-order chi connectivity index (χ0) is 19.4. The number of benzene rings is 1. The zero-order valence-corrected chi connectivity index (χ0v) is 15.8. The molecule has 8 nitrogen and oxygen atoms in total. The van der Waals surface area contributed by atoms with Crippen LogP contribution in [0.5, 0.6) is 0 Å². The largest absolute Gasteiger partial charge is 0.378 e. The smallest absolute Gasteiger partial charge is 0.270 e. The molecule has 2 heterocycles. The van der Waals surface area contributed by atoms with Crippen LogP contribution in [0.2, 0.25) is 0 Å². The number of nitrogens with zero attached hydrogens (tertiary/aromatic N) is 4. The van der Waals surface area contributed by atoms with Crippen LogP contribution >= 0.6 is 0 Å². The van der Waals surface area contributed by atoms with Crippen molar-refractivity contribution in [3.63, 3.8) is 0 Å². The molecule has 3 amide bonds. The number of anilines is 1. The van der Waals surface area contributed by atoms with Gasteiger partial charge in [0.15, 0.2) is 0 Å². The van der Waals surface area contributed by atoms with E-state index >= 15 is 0 Å². The second-order valence-electron chi connectivity index (χ2n) is 6.98. The van der Waals surface area contributed by atoms with Crippen LogP contribution in [-0.2, 0) is 9.59 Å². The molecule has 1 fully saturated rings. The number of rotatable bonds is 3. The van der Waals surface area contributed by atoms with E-state index in [-0.39, 0.29) is 24.1 Å². The highest BCUT2D eigenvalue weighted by Gasteiger charge is 2.27. The highest BCUT2D eigenvalue weighted by atomic mass is 16.2. The van der Waals surface area contributed by atoms with Crippen molar-refractivity contribution in [2.24, 2.45) is 5.10 Å². The average Bonchev–Trinajstić information content (AvgIpc) is 2.94. The minimum Gasteiger partial charge on any atom is -0.378 e. The van der Waals surface area contributed by atoms with Gasteiger partial charge in [-0.15, -0.1) is 0 Å². The summed E-state index contributed by atoms with van der Waals surface area (Å²) in [4.78, 5) is 42.2. The van der Waals surface area contributed by atoms with Crippen molar-refractivity contribution in [3.05, 3.63) is 29.8 Å². The molecule has 27 heavy (non-hydrogen) atoms. The van der Waals surface area contributed by atoms with Gasteiger partial charge in [0.2, 0.25) is 5.91 Å². The van der Waals surface area contributed by atoms with Crippen molar-refractivity contribution < 1.29 is 14.4 Å². The van der Waals surface area contributed by atoms with Crippen LogP contribution in [-0.4, -0.2) is 73.5 Å². The fraction of sp³-hybridized carbons (Fsp3) is 0.474. The monoisotopic (exact) mass is 371 g/mol. The molecule has 0 unspecified atom stereocenters. The number of amides is 3. The predicted octanol–water partition coefficient (Wildman–Crippen LogP) is 0.693. The van der Waals surface area contributed by atoms with Gasteiger partial charge in [0.05, 0.1) is 0 Å². The van der Waals surface area contributed by atoms with Crippen molar-refractivity contribution in [1.29, 1.82) is 0 Å². The molecular formula is C19H25N5O3. The summed E-state index contributed by atoms with van der Waals surface area (Å²) >= 11 is 0. The summed E-state index contributed by atoms with van der Waals surface area (Å²) in [7, 11) is 3.88. The van der Waals surface area contributed by atoms with Crippen molar-refractivity contribution in [3.8, 4) is 0 Å². The van der Waals surface area contributed by atoms with E-state index in [9.17, 15) is 14.4 Å². The van der Waals surface area contributed by atoms with Crippen LogP contribution in [0.4, 0.5) is 5.69 Å². The third kappa shape index (κ3) is 4.45. The summed E-state index contributed by atoms with van der Waals surface area (Å²) in [6.07, 6.45) is 1.36. The lowest BCUT2D eigenvalue weighted by atomic mass is 10.1. The van der Waals surface area contributed by atoms with E-state index in [1.54, 1.807) is 9.80 Å². The summed E-state index contributed by atoms with van der Waals surface area (Å²) in [5, 5.41) is 3.88. The van der Waals surface area contributed by atoms with Crippen LogP contribution in [0.1, 0.15) is 29.6 Å². The van der Waals surface area contributed by atoms with Crippen molar-refractivity contribution in [2.75, 3.05) is 45.2 Å². The van der Waals surface area contributed by atoms with Gasteiger partial charge in [0.25, 0.3) is 11.8 Å². The first-order chi connectivity index (χ1) is 13.0. The zero-order valence-electron chi connectivity index (χ0n) is 15.8. The van der Waals surface area contributed by atoms with Gasteiger partial charge in [0.1, 0.15) is 5.71 Å². The van der Waals surface area contributed by atoms with Crippen molar-refractivity contribution >= 4 is 29.1 Å². The molecule has 144 valence electrons. The molecule has 1 saturated heterocycles. The van der Waals surface area contributed by atoms with Crippen molar-refractivity contribution in [1.82, 2.24) is 15.2 Å². The molecule has 1 N–H and O–H groups in total. The van der Waals surface area contributed by atoms with E-state index < -0.39 is 0 Å². The first kappa shape index (κ1) is 18.9. The van der Waals surface area contributed by atoms with Gasteiger partial charge in [-0.1, -0.05) is 6.07 Å². The number of nitrogens with one attached hydrogen (secondary N) is 1. The molecule has 0 spiro atoms. The van der Waals surface area contributed by atoms with E-state index in [1.165, 1.54) is 0 Å². The molecule has 3 rings (SSSR count). The molecule has 0 bridgehead atoms. The fourth-order valence-electron chi connectivity index (χ4n) is 3.23. The molecule has 8 heteroatoms. The Labute approximate surface area is 158 Å². The van der Waals surface area contributed by atoms with E-state index in [1.807, 2.05) is 43.3 Å². The predicted molar refractivity (Wildman–Crippen MR) is 103 cm³/mol. The molecule has 0 aromatic heterocycles. The second kappa shape index (κ2) is 8.20. The lowest BCUT2D eigenvalue weighted by molar-refractivity contribution is -0.124. The molecule has 0 atom stereocenters. The maximum absolute atomic E-state index is 12.9. The van der Waals surface area contributed by atoms with E-state index in [4.69, 9.17) is 0 Å². The summed E-state index contributed by atoms with van der Waals surface area (Å²) in [5.41, 5.74) is 4.38. The molecule has 2 aliphatic rings. The summed E-state index contributed by atoms with van der Waals surface area (Å²) in [6.45, 7) is 2.13. The van der Waals surface area contributed by atoms with Crippen LogP contribution < -0.4 is 10.3 Å². The normalized spacial score (nSPS) is 17.7. The maximum Gasteiger partial charge on any atom is 0.270 e. The number of carbonyl (C=O) groups excluding carboxylic acids is 3. The Hall–Kier alpha value is -2.90. The van der Waals surface area contributed by atoms with Crippen LogP contribution in [0.15, 0.2) is 29.4 Å². The van der Waals surface area contributed by atoms with E-state index in [0.717, 1.165) is 5.69 Å². The number of hydrazone groups is 1. The minimum atomic E-state index is -0.167. The quantitative estimate of drug-likeness (QED) is 0.847. The van der Waals surface area contributed by atoms with E-state index in [0.29, 0.717) is 50.3 Å². The Morgan fingerprint density at radius 2 is 1.74 bits per heavy atom. The van der Waals surface area contributed by atoms with Gasteiger partial charge in [-0.25, -0.2) is 5.43 Å². The Kier molecular flexibility index (Phi) is 5.73. The van der Waals surface area contributed by atoms with Crippen LogP contribution in [0, 0.1) is 0 Å². The highest BCUT2D eigenvalue weighted by molar-refractivity contribution is 6.39. The lowest BCUT2D eigenvalue weighted by Gasteiger charge is -2.24. The Balaban J connectivity index is 1.64. The Morgan fingerprint density at radius 3 is 2.37 bits per heavy atom. The number of hydrogen-bond acceptors (Lipinski definition) is 5. The number of hydrogen-bond donors (Lipinski definition) is 1. The van der Waals surface area contributed by atoms with Gasteiger partial charge in [-0.05, 0) is 24.6 Å². The first-order valence-electron chi connectivity index (χ1n) is 9.17. The van der Waals surface area contributed by atoms with Gasteiger partial charge in [-0.2, -0.15) is 5.10 Å². The van der Waals surface area contributed by atoms with Gasteiger partial charge < -0.3 is 14.7 Å². The third-order valence-corrected chi connectivity index (χ3v) is 4.83. The summed E-state index contributed by atoms with van der Waals surface area (Å²) < 4.78 is 0. The van der Waals surface area contributed by atoms with Crippen LogP contribution in [0.3, 0.4) is 0 Å². The van der Waals surface area contributed by atoms with Gasteiger partial charge in [0, 0.05) is 64.4 Å². The third-order valence-electron chi connectivity index (χ3n) is 4.83. The topological polar surface area (TPSA) is 85.3 Å². The molecule has 0 saturated carbocycles. The van der Waals surface area contributed by atoms with Gasteiger partial charge in [-0.3, -0.25) is 14.4 Å². The second-order valence-corrected chi connectivity index (χ2v) is 6.98. The molecule has 1 aromatic carbocycles. The molecule has 0 radical (unpaired) electrons. The van der Waals surface area contributed by atoms with Crippen LogP contribution in [0.25, 0.3) is 0 Å². The molecule has 0 aliphatic carbocycles. The lowest BCUT2D eigenvalue weighted by Crippen LogP contribution is -2.42. The standard InChI is InChI=1S/C19H25N5O3/c1-22(2)15-6-3-5-14(13-15)18(26)23-9-4-10-24(12-11-23)19(27)16-7-8-17(25)21-20-16/h3,5-6,13H,4,7-12H2,1-2H3,(H,21,25). The maximum atomic E-state index is 12.9. The highest BCUT2D eigenvalue weighted by Crippen LogP contribution is 2.16. The summed E-state index contributed by atoms with van der Waals surface area (Å²) in [6, 6.07) is 7.55. The molecule has 1 aromatic rings. The number of carbonyl (C=O) groups is 3. The average molecular weight is 371 g/mol. The Morgan fingerprint density at radius 1 is 1.04 bits per heavy atom. The SMILES string of the molecule is CN(C)c1cccc(C(=O)N2CCCN(C(=O)C3=NNC(=O)CC3)CC2)c1. The van der Waals surface area contributed by atoms with E-state index in [2.05, 4.69) is 10.5 Å². The first-order valence-corrected chi connectivity index (χ1v) is 9.17. The van der Waals surface area contributed by atoms with Gasteiger partial charge >= 0.3 is 0 Å². The molecular weight excluding hydrogens is 346 g/mol. The Bertz CT molecular complexity index is 774.